The molecule has 0 N–H and O–H groups in total. The van der Waals surface area contributed by atoms with Gasteiger partial charge in [-0.15, -0.1) is 0 Å². The normalized spacial score (nSPS) is 22.0. The number of pyridine rings is 1. The molecule has 2 aliphatic heterocycles. The van der Waals surface area contributed by atoms with E-state index in [0.29, 0.717) is 12.5 Å². The van der Waals surface area contributed by atoms with Gasteiger partial charge in [-0.05, 0) is 12.1 Å². The number of hydrogen-bond acceptors (Lipinski definition) is 7. The summed E-state index contributed by atoms with van der Waals surface area (Å²) in [6.45, 7) is 2.33. The molecule has 2 aromatic heterocycles. The molecule has 126 valence electrons. The maximum atomic E-state index is 6.07. The van der Waals surface area contributed by atoms with E-state index < -0.39 is 0 Å². The van der Waals surface area contributed by atoms with Crippen molar-refractivity contribution >= 4 is 5.82 Å². The van der Waals surface area contributed by atoms with E-state index in [1.807, 2.05) is 18.2 Å². The van der Waals surface area contributed by atoms with Gasteiger partial charge >= 0.3 is 0 Å². The largest absolute Gasteiger partial charge is 0.489 e. The second kappa shape index (κ2) is 6.24. The fourth-order valence-corrected chi connectivity index (χ4v) is 3.34. The Bertz CT molecular complexity index is 691. The van der Waals surface area contributed by atoms with E-state index in [9.17, 15) is 0 Å². The van der Waals surface area contributed by atoms with E-state index in [1.165, 1.54) is 6.33 Å². The fourth-order valence-electron chi connectivity index (χ4n) is 3.34. The Morgan fingerprint density at radius 2 is 2.25 bits per heavy atom. The van der Waals surface area contributed by atoms with Gasteiger partial charge in [-0.1, -0.05) is 0 Å². The molecule has 2 saturated heterocycles. The summed E-state index contributed by atoms with van der Waals surface area (Å²) in [4.78, 5) is 14.6. The highest BCUT2D eigenvalue weighted by atomic mass is 16.5. The maximum absolute atomic E-state index is 6.07. The lowest BCUT2D eigenvalue weighted by Crippen LogP contribution is -2.66. The molecule has 4 rings (SSSR count). The Hall–Kier alpha value is -2.41. The lowest BCUT2D eigenvalue weighted by Gasteiger charge is -2.53. The minimum Gasteiger partial charge on any atom is -0.489 e. The summed E-state index contributed by atoms with van der Waals surface area (Å²) >= 11 is 0. The molecule has 24 heavy (non-hydrogen) atoms. The molecular weight excluding hydrogens is 308 g/mol. The predicted molar refractivity (Wildman–Crippen MR) is 87.4 cm³/mol. The molecule has 0 bridgehead atoms. The number of ether oxygens (including phenoxy) is 3. The van der Waals surface area contributed by atoms with Gasteiger partial charge in [-0.25, -0.2) is 9.97 Å². The highest BCUT2D eigenvalue weighted by molar-refractivity contribution is 5.46. The molecule has 0 aromatic carbocycles. The van der Waals surface area contributed by atoms with Crippen molar-refractivity contribution in [1.82, 2.24) is 15.0 Å². The van der Waals surface area contributed by atoms with Gasteiger partial charge in [0.25, 0.3) is 0 Å². The third-order valence-corrected chi connectivity index (χ3v) is 4.50. The monoisotopic (exact) mass is 328 g/mol. The zero-order valence-electron chi connectivity index (χ0n) is 13.6. The van der Waals surface area contributed by atoms with Gasteiger partial charge in [0.1, 0.15) is 29.6 Å². The van der Waals surface area contributed by atoms with Gasteiger partial charge < -0.3 is 19.1 Å². The van der Waals surface area contributed by atoms with Crippen LogP contribution in [0.15, 0.2) is 36.9 Å². The van der Waals surface area contributed by atoms with Crippen molar-refractivity contribution in [3.63, 3.8) is 0 Å². The maximum Gasteiger partial charge on any atom is 0.218 e. The van der Waals surface area contributed by atoms with Crippen LogP contribution in [-0.4, -0.2) is 53.5 Å². The van der Waals surface area contributed by atoms with Crippen LogP contribution >= 0.6 is 0 Å². The summed E-state index contributed by atoms with van der Waals surface area (Å²) < 4.78 is 17.3. The van der Waals surface area contributed by atoms with Crippen LogP contribution in [0.1, 0.15) is 12.8 Å². The summed E-state index contributed by atoms with van der Waals surface area (Å²) in [5.74, 6) is 2.26. The predicted octanol–water partition coefficient (Wildman–Crippen LogP) is 1.70. The first kappa shape index (κ1) is 15.1. The lowest BCUT2D eigenvalue weighted by molar-refractivity contribution is -0.126. The molecule has 0 saturated carbocycles. The van der Waals surface area contributed by atoms with Crippen molar-refractivity contribution in [2.24, 2.45) is 0 Å². The van der Waals surface area contributed by atoms with Gasteiger partial charge in [0.05, 0.1) is 33.0 Å². The number of anilines is 1. The molecule has 0 radical (unpaired) electrons. The highest BCUT2D eigenvalue weighted by Crippen LogP contribution is 2.37. The first-order valence-corrected chi connectivity index (χ1v) is 8.08. The Morgan fingerprint density at radius 1 is 1.33 bits per heavy atom. The molecule has 0 unspecified atom stereocenters. The van der Waals surface area contributed by atoms with Gasteiger partial charge in [0, 0.05) is 25.1 Å². The first-order valence-electron chi connectivity index (χ1n) is 8.08. The summed E-state index contributed by atoms with van der Waals surface area (Å²) in [5, 5.41) is 0. The van der Waals surface area contributed by atoms with Crippen LogP contribution in [0.25, 0.3) is 0 Å². The average molecular weight is 328 g/mol. The number of aromatic nitrogens is 3. The van der Waals surface area contributed by atoms with Crippen molar-refractivity contribution in [2.75, 3.05) is 31.7 Å². The number of rotatable bonds is 4. The standard InChI is InChI=1S/C17H20N4O3/c1-22-16-7-15(19-12-20-16)21-10-17(11-21)8-13(4-6-23-17)24-14-3-2-5-18-9-14/h2-3,5,7,9,12-13H,4,6,8,10-11H2,1H3/t13-/m1/s1. The molecule has 7 nitrogen and oxygen atoms in total. The zero-order valence-corrected chi connectivity index (χ0v) is 13.6. The highest BCUT2D eigenvalue weighted by Gasteiger charge is 2.48. The summed E-state index contributed by atoms with van der Waals surface area (Å²) in [5.41, 5.74) is -0.149. The summed E-state index contributed by atoms with van der Waals surface area (Å²) in [6, 6.07) is 5.67. The number of methoxy groups -OCH3 is 1. The molecule has 4 heterocycles. The Labute approximate surface area is 140 Å². The molecule has 7 heteroatoms. The fraction of sp³-hybridized carbons (Fsp3) is 0.471. The zero-order chi connectivity index (χ0) is 16.4. The summed E-state index contributed by atoms with van der Waals surface area (Å²) in [7, 11) is 1.61. The van der Waals surface area contributed by atoms with Crippen LogP contribution in [0.2, 0.25) is 0 Å². The van der Waals surface area contributed by atoms with Crippen LogP contribution in [0, 0.1) is 0 Å². The Balaban J connectivity index is 1.38. The quantitative estimate of drug-likeness (QED) is 0.846. The van der Waals surface area contributed by atoms with E-state index in [1.54, 1.807) is 19.5 Å². The van der Waals surface area contributed by atoms with E-state index in [4.69, 9.17) is 14.2 Å². The van der Waals surface area contributed by atoms with Crippen LogP contribution in [0.5, 0.6) is 11.6 Å². The van der Waals surface area contributed by atoms with Crippen molar-refractivity contribution < 1.29 is 14.2 Å². The van der Waals surface area contributed by atoms with Gasteiger partial charge in [0.15, 0.2) is 0 Å². The van der Waals surface area contributed by atoms with E-state index in [0.717, 1.165) is 37.5 Å². The average Bonchev–Trinajstić information content (AvgIpc) is 2.61. The molecule has 1 spiro atoms. The molecule has 2 fully saturated rings. The Kier molecular flexibility index (Phi) is 3.93. The van der Waals surface area contributed by atoms with Crippen LogP contribution in [-0.2, 0) is 4.74 Å². The van der Waals surface area contributed by atoms with Gasteiger partial charge in [-0.3, -0.25) is 4.98 Å². The number of nitrogens with zero attached hydrogens (tertiary/aromatic N) is 4. The van der Waals surface area contributed by atoms with Crippen molar-refractivity contribution in [2.45, 2.75) is 24.5 Å². The van der Waals surface area contributed by atoms with Crippen molar-refractivity contribution in [1.29, 1.82) is 0 Å². The van der Waals surface area contributed by atoms with Crippen LogP contribution in [0.4, 0.5) is 5.82 Å². The van der Waals surface area contributed by atoms with E-state index in [2.05, 4.69) is 19.9 Å². The van der Waals surface area contributed by atoms with E-state index >= 15 is 0 Å². The van der Waals surface area contributed by atoms with Crippen LogP contribution in [0.3, 0.4) is 0 Å². The van der Waals surface area contributed by atoms with Crippen LogP contribution < -0.4 is 14.4 Å². The van der Waals surface area contributed by atoms with Gasteiger partial charge in [0.2, 0.25) is 5.88 Å². The smallest absolute Gasteiger partial charge is 0.218 e. The summed E-state index contributed by atoms with van der Waals surface area (Å²) in [6.07, 6.45) is 6.96. The SMILES string of the molecule is COc1cc(N2CC3(C[C@H](Oc4cccnc4)CCO3)C2)ncn1. The minimum absolute atomic E-state index is 0.149. The lowest BCUT2D eigenvalue weighted by atomic mass is 9.84. The second-order valence-electron chi connectivity index (χ2n) is 6.23. The molecule has 1 atom stereocenters. The Morgan fingerprint density at radius 3 is 3.04 bits per heavy atom. The van der Waals surface area contributed by atoms with Gasteiger partial charge in [-0.2, -0.15) is 0 Å². The topological polar surface area (TPSA) is 69.6 Å². The molecule has 2 aliphatic rings. The molecule has 0 aliphatic carbocycles. The minimum atomic E-state index is -0.149. The second-order valence-corrected chi connectivity index (χ2v) is 6.23. The third-order valence-electron chi connectivity index (χ3n) is 4.50. The third kappa shape index (κ3) is 2.99. The first-order chi connectivity index (χ1) is 11.8. The van der Waals surface area contributed by atoms with Crippen molar-refractivity contribution in [3.8, 4) is 11.6 Å². The molecule has 0 amide bonds. The molecule has 2 aromatic rings. The number of hydrogen-bond donors (Lipinski definition) is 0. The van der Waals surface area contributed by atoms with E-state index in [-0.39, 0.29) is 11.7 Å². The van der Waals surface area contributed by atoms with Crippen molar-refractivity contribution in [3.05, 3.63) is 36.9 Å². The molecular formula is C17H20N4O3.